The molecule has 1 aliphatic heterocycles. The van der Waals surface area contributed by atoms with Crippen LogP contribution in [-0.2, 0) is 4.79 Å². The van der Waals surface area contributed by atoms with Crippen molar-refractivity contribution in [3.05, 3.63) is 35.9 Å². The highest BCUT2D eigenvalue weighted by atomic mass is 32.2. The minimum Gasteiger partial charge on any atom is -0.388 e. The first-order chi connectivity index (χ1) is 9.18. The number of carbonyl (C=O) groups excluding carboxylic acids is 2. The van der Waals surface area contributed by atoms with E-state index < -0.39 is 6.10 Å². The number of thioether (sulfide) groups is 1. The summed E-state index contributed by atoms with van der Waals surface area (Å²) in [6.45, 7) is 0.946. The molecule has 0 saturated carbocycles. The highest BCUT2D eigenvalue weighted by Crippen LogP contribution is 2.18. The molecule has 1 saturated heterocycles. The largest absolute Gasteiger partial charge is 0.388 e. The summed E-state index contributed by atoms with van der Waals surface area (Å²) in [5, 5.41) is 12.5. The molecule has 19 heavy (non-hydrogen) atoms. The fourth-order valence-electron chi connectivity index (χ4n) is 1.82. The summed E-state index contributed by atoms with van der Waals surface area (Å²) in [5.41, 5.74) is 0.835. The molecule has 0 aromatic heterocycles. The highest BCUT2D eigenvalue weighted by molar-refractivity contribution is 7.99. The average molecular weight is 280 g/mol. The molecule has 1 heterocycles. The van der Waals surface area contributed by atoms with Crippen LogP contribution in [0.25, 0.3) is 0 Å². The third kappa shape index (κ3) is 3.71. The molecule has 0 radical (unpaired) electrons. The minimum absolute atomic E-state index is 0.206. The summed E-state index contributed by atoms with van der Waals surface area (Å²) in [6, 6.07) is 8.99. The smallest absolute Gasteiger partial charge is 0.324 e. The van der Waals surface area contributed by atoms with E-state index in [-0.39, 0.29) is 17.7 Å². The number of nitrogens with zero attached hydrogens (tertiary/aromatic N) is 1. The lowest BCUT2D eigenvalue weighted by atomic mass is 10.1. The molecular weight excluding hydrogens is 264 g/mol. The van der Waals surface area contributed by atoms with Crippen LogP contribution in [0.3, 0.4) is 0 Å². The Kier molecular flexibility index (Phi) is 4.81. The van der Waals surface area contributed by atoms with Gasteiger partial charge in [0.1, 0.15) is 0 Å². The van der Waals surface area contributed by atoms with E-state index in [2.05, 4.69) is 5.32 Å². The van der Waals surface area contributed by atoms with Gasteiger partial charge in [-0.25, -0.2) is 4.79 Å². The Morgan fingerprint density at radius 2 is 2.16 bits per heavy atom. The minimum atomic E-state index is -0.591. The van der Waals surface area contributed by atoms with Gasteiger partial charge in [-0.1, -0.05) is 30.3 Å². The number of benzene rings is 1. The predicted molar refractivity (Wildman–Crippen MR) is 73.8 cm³/mol. The second-order valence-corrected chi connectivity index (χ2v) is 5.25. The standard InChI is InChI=1S/C13H16N2O3S/c16-11(10-4-2-1-3-5-10)8-19-9-12(17)15-7-6-14-13(15)18/h1-5,11,16H,6-9H2,(H,14,18)/t11-/m1/s1. The second-order valence-electron chi connectivity index (χ2n) is 4.22. The maximum Gasteiger partial charge on any atom is 0.324 e. The molecule has 102 valence electrons. The van der Waals surface area contributed by atoms with Crippen LogP contribution < -0.4 is 5.32 Å². The van der Waals surface area contributed by atoms with Gasteiger partial charge in [-0.15, -0.1) is 11.8 Å². The lowest BCUT2D eigenvalue weighted by Crippen LogP contribution is -2.35. The van der Waals surface area contributed by atoms with Crippen molar-refractivity contribution in [1.82, 2.24) is 10.2 Å². The predicted octanol–water partition coefficient (Wildman–Crippen LogP) is 1.01. The molecule has 6 heteroatoms. The van der Waals surface area contributed by atoms with E-state index in [1.54, 1.807) is 0 Å². The zero-order chi connectivity index (χ0) is 13.7. The van der Waals surface area contributed by atoms with Crippen LogP contribution in [0.2, 0.25) is 0 Å². The van der Waals surface area contributed by atoms with Crippen molar-refractivity contribution < 1.29 is 14.7 Å². The quantitative estimate of drug-likeness (QED) is 0.844. The van der Waals surface area contributed by atoms with Gasteiger partial charge in [0.2, 0.25) is 5.91 Å². The van der Waals surface area contributed by atoms with Crippen LogP contribution in [-0.4, -0.2) is 46.5 Å². The maximum absolute atomic E-state index is 11.7. The molecule has 1 aliphatic rings. The summed E-state index contributed by atoms with van der Waals surface area (Å²) in [6.07, 6.45) is -0.591. The Balaban J connectivity index is 1.74. The van der Waals surface area contributed by atoms with Gasteiger partial charge in [0, 0.05) is 18.8 Å². The summed E-state index contributed by atoms with van der Waals surface area (Å²) in [4.78, 5) is 24.2. The summed E-state index contributed by atoms with van der Waals surface area (Å²) in [5.74, 6) is 0.433. The highest BCUT2D eigenvalue weighted by Gasteiger charge is 2.25. The van der Waals surface area contributed by atoms with Gasteiger partial charge >= 0.3 is 6.03 Å². The van der Waals surface area contributed by atoms with Crippen molar-refractivity contribution in [2.45, 2.75) is 6.10 Å². The van der Waals surface area contributed by atoms with Crippen LogP contribution in [0.5, 0.6) is 0 Å². The van der Waals surface area contributed by atoms with Crippen LogP contribution in [0.15, 0.2) is 30.3 Å². The van der Waals surface area contributed by atoms with Gasteiger partial charge < -0.3 is 10.4 Å². The number of hydrogen-bond donors (Lipinski definition) is 2. The molecule has 1 atom stereocenters. The monoisotopic (exact) mass is 280 g/mol. The first-order valence-corrected chi connectivity index (χ1v) is 7.23. The number of imide groups is 1. The van der Waals surface area contributed by atoms with Gasteiger partial charge in [0.05, 0.1) is 11.9 Å². The van der Waals surface area contributed by atoms with Crippen LogP contribution in [0.4, 0.5) is 4.79 Å². The topological polar surface area (TPSA) is 69.6 Å². The van der Waals surface area contributed by atoms with E-state index in [9.17, 15) is 14.7 Å². The van der Waals surface area contributed by atoms with Gasteiger partial charge in [0.25, 0.3) is 0 Å². The first-order valence-electron chi connectivity index (χ1n) is 6.07. The van der Waals surface area contributed by atoms with Crippen molar-refractivity contribution in [2.75, 3.05) is 24.6 Å². The number of amides is 3. The van der Waals surface area contributed by atoms with Crippen molar-refractivity contribution >= 4 is 23.7 Å². The molecule has 0 unspecified atom stereocenters. The molecule has 0 aliphatic carbocycles. The molecule has 0 spiro atoms. The molecule has 5 nitrogen and oxygen atoms in total. The van der Waals surface area contributed by atoms with E-state index in [0.29, 0.717) is 18.8 Å². The van der Waals surface area contributed by atoms with E-state index in [0.717, 1.165) is 5.56 Å². The number of hydrogen-bond acceptors (Lipinski definition) is 4. The van der Waals surface area contributed by atoms with Crippen LogP contribution in [0, 0.1) is 0 Å². The molecule has 1 fully saturated rings. The SMILES string of the molecule is O=C(CSC[C@@H](O)c1ccccc1)N1CCNC1=O. The number of nitrogens with one attached hydrogen (secondary N) is 1. The Labute approximate surface area is 116 Å². The number of rotatable bonds is 5. The van der Waals surface area contributed by atoms with Crippen molar-refractivity contribution in [3.63, 3.8) is 0 Å². The molecule has 1 aromatic carbocycles. The molecule has 3 amide bonds. The van der Waals surface area contributed by atoms with Crippen molar-refractivity contribution in [2.24, 2.45) is 0 Å². The molecular formula is C13H16N2O3S. The van der Waals surface area contributed by atoms with Crippen LogP contribution >= 0.6 is 11.8 Å². The third-order valence-corrected chi connectivity index (χ3v) is 3.85. The Morgan fingerprint density at radius 3 is 2.79 bits per heavy atom. The normalized spacial score (nSPS) is 16.3. The van der Waals surface area contributed by atoms with Crippen molar-refractivity contribution in [1.29, 1.82) is 0 Å². The summed E-state index contributed by atoms with van der Waals surface area (Å²) < 4.78 is 0. The lowest BCUT2D eigenvalue weighted by Gasteiger charge is -2.13. The van der Waals surface area contributed by atoms with Crippen molar-refractivity contribution in [3.8, 4) is 0 Å². The Hall–Kier alpha value is -1.53. The fourth-order valence-corrected chi connectivity index (χ4v) is 2.68. The van der Waals surface area contributed by atoms with E-state index in [4.69, 9.17) is 0 Å². The number of carbonyl (C=O) groups is 2. The first kappa shape index (κ1) is 13.9. The second kappa shape index (κ2) is 6.58. The summed E-state index contributed by atoms with van der Waals surface area (Å²) >= 11 is 1.33. The van der Waals surface area contributed by atoms with E-state index >= 15 is 0 Å². The molecule has 2 N–H and O–H groups in total. The van der Waals surface area contributed by atoms with E-state index in [1.165, 1.54) is 16.7 Å². The molecule has 2 rings (SSSR count). The van der Waals surface area contributed by atoms with Gasteiger partial charge in [-0.05, 0) is 5.56 Å². The van der Waals surface area contributed by atoms with Gasteiger partial charge in [-0.2, -0.15) is 0 Å². The average Bonchev–Trinajstić information content (AvgIpc) is 2.86. The zero-order valence-corrected chi connectivity index (χ0v) is 11.2. The zero-order valence-electron chi connectivity index (χ0n) is 10.4. The molecule has 1 aromatic rings. The maximum atomic E-state index is 11.7. The Morgan fingerprint density at radius 1 is 1.42 bits per heavy atom. The molecule has 0 bridgehead atoms. The Bertz CT molecular complexity index is 452. The van der Waals surface area contributed by atoms with Gasteiger partial charge in [0.15, 0.2) is 0 Å². The van der Waals surface area contributed by atoms with Gasteiger partial charge in [-0.3, -0.25) is 9.69 Å². The number of aliphatic hydroxyl groups is 1. The fraction of sp³-hybridized carbons (Fsp3) is 0.385. The number of urea groups is 1. The van der Waals surface area contributed by atoms with E-state index in [1.807, 2.05) is 30.3 Å². The van der Waals surface area contributed by atoms with Crippen LogP contribution in [0.1, 0.15) is 11.7 Å². The lowest BCUT2D eigenvalue weighted by molar-refractivity contribution is -0.124. The number of aliphatic hydroxyl groups excluding tert-OH is 1. The third-order valence-electron chi connectivity index (χ3n) is 2.84. The summed E-state index contributed by atoms with van der Waals surface area (Å²) in [7, 11) is 0.